The Morgan fingerprint density at radius 1 is 1.00 bits per heavy atom. The standard InChI is InChI=1S/C21H19NO3/c1-14(16-10-6-8-15-7-2-3-9-17(15)16)22-21(23)20-13-24-18-11-4-5-12-19(18)25-20/h2-12,14,20H,13H2,1H3,(H,22,23). The van der Waals surface area contributed by atoms with Crippen molar-refractivity contribution in [2.45, 2.75) is 19.1 Å². The van der Waals surface area contributed by atoms with Crippen molar-refractivity contribution < 1.29 is 14.3 Å². The fraction of sp³-hybridized carbons (Fsp3) is 0.190. The lowest BCUT2D eigenvalue weighted by Gasteiger charge is -2.27. The molecule has 4 rings (SSSR count). The zero-order valence-electron chi connectivity index (χ0n) is 13.9. The molecule has 0 saturated heterocycles. The predicted molar refractivity (Wildman–Crippen MR) is 96.9 cm³/mol. The maximum atomic E-state index is 12.6. The second kappa shape index (κ2) is 6.48. The summed E-state index contributed by atoms with van der Waals surface area (Å²) in [5, 5.41) is 5.35. The highest BCUT2D eigenvalue weighted by atomic mass is 16.6. The molecule has 0 aromatic heterocycles. The van der Waals surface area contributed by atoms with Gasteiger partial charge in [0.25, 0.3) is 5.91 Å². The van der Waals surface area contributed by atoms with E-state index in [1.54, 1.807) is 0 Å². The summed E-state index contributed by atoms with van der Waals surface area (Å²) in [6.45, 7) is 2.20. The molecule has 4 nitrogen and oxygen atoms in total. The molecule has 3 aromatic carbocycles. The topological polar surface area (TPSA) is 47.6 Å². The number of para-hydroxylation sites is 2. The van der Waals surface area contributed by atoms with Gasteiger partial charge in [-0.2, -0.15) is 0 Å². The van der Waals surface area contributed by atoms with Crippen LogP contribution in [0, 0.1) is 0 Å². The molecule has 0 spiro atoms. The summed E-state index contributed by atoms with van der Waals surface area (Å²) in [7, 11) is 0. The fourth-order valence-electron chi connectivity index (χ4n) is 3.16. The molecule has 25 heavy (non-hydrogen) atoms. The smallest absolute Gasteiger partial charge is 0.265 e. The quantitative estimate of drug-likeness (QED) is 0.792. The lowest BCUT2D eigenvalue weighted by atomic mass is 9.99. The monoisotopic (exact) mass is 333 g/mol. The van der Waals surface area contributed by atoms with E-state index in [1.807, 2.05) is 55.5 Å². The second-order valence-corrected chi connectivity index (χ2v) is 6.16. The average molecular weight is 333 g/mol. The zero-order chi connectivity index (χ0) is 17.2. The molecule has 2 unspecified atom stereocenters. The van der Waals surface area contributed by atoms with Crippen molar-refractivity contribution in [1.82, 2.24) is 5.32 Å². The summed E-state index contributed by atoms with van der Waals surface area (Å²) in [5.41, 5.74) is 1.09. The number of amides is 1. The first-order valence-electron chi connectivity index (χ1n) is 8.39. The van der Waals surface area contributed by atoms with Crippen molar-refractivity contribution in [2.24, 2.45) is 0 Å². The second-order valence-electron chi connectivity index (χ2n) is 6.16. The third kappa shape index (κ3) is 3.03. The van der Waals surface area contributed by atoms with E-state index in [0.29, 0.717) is 11.5 Å². The molecule has 1 amide bonds. The number of benzene rings is 3. The van der Waals surface area contributed by atoms with E-state index in [9.17, 15) is 4.79 Å². The van der Waals surface area contributed by atoms with Crippen molar-refractivity contribution >= 4 is 16.7 Å². The first kappa shape index (κ1) is 15.5. The molecule has 3 aromatic rings. The Labute approximate surface area is 146 Å². The molecular weight excluding hydrogens is 314 g/mol. The third-order valence-corrected chi connectivity index (χ3v) is 4.45. The van der Waals surface area contributed by atoms with Gasteiger partial charge in [0.2, 0.25) is 6.10 Å². The number of carbonyl (C=O) groups is 1. The van der Waals surface area contributed by atoms with Crippen LogP contribution in [0.2, 0.25) is 0 Å². The Morgan fingerprint density at radius 3 is 2.60 bits per heavy atom. The first-order valence-corrected chi connectivity index (χ1v) is 8.39. The van der Waals surface area contributed by atoms with Crippen LogP contribution < -0.4 is 14.8 Å². The summed E-state index contributed by atoms with van der Waals surface area (Å²) in [6.07, 6.45) is -0.646. The zero-order valence-corrected chi connectivity index (χ0v) is 13.9. The van der Waals surface area contributed by atoms with Crippen LogP contribution >= 0.6 is 0 Å². The van der Waals surface area contributed by atoms with Gasteiger partial charge in [-0.3, -0.25) is 4.79 Å². The van der Waals surface area contributed by atoms with Gasteiger partial charge in [-0.1, -0.05) is 54.6 Å². The van der Waals surface area contributed by atoms with Crippen molar-refractivity contribution in [3.63, 3.8) is 0 Å². The number of ether oxygens (including phenoxy) is 2. The van der Waals surface area contributed by atoms with Crippen molar-refractivity contribution in [2.75, 3.05) is 6.61 Å². The average Bonchev–Trinajstić information content (AvgIpc) is 2.67. The number of nitrogens with one attached hydrogen (secondary N) is 1. The number of carbonyl (C=O) groups excluding carboxylic acids is 1. The largest absolute Gasteiger partial charge is 0.485 e. The molecule has 0 bridgehead atoms. The normalized spacial score (nSPS) is 17.1. The van der Waals surface area contributed by atoms with Crippen LogP contribution in [-0.4, -0.2) is 18.6 Å². The Balaban J connectivity index is 1.51. The fourth-order valence-corrected chi connectivity index (χ4v) is 3.16. The third-order valence-electron chi connectivity index (χ3n) is 4.45. The van der Waals surface area contributed by atoms with Gasteiger partial charge in [-0.15, -0.1) is 0 Å². The van der Waals surface area contributed by atoms with Gasteiger partial charge in [-0.05, 0) is 35.4 Å². The highest BCUT2D eigenvalue weighted by Crippen LogP contribution is 2.31. The van der Waals surface area contributed by atoms with E-state index in [1.165, 1.54) is 0 Å². The van der Waals surface area contributed by atoms with Crippen LogP contribution in [0.1, 0.15) is 18.5 Å². The van der Waals surface area contributed by atoms with Crippen molar-refractivity contribution in [3.05, 3.63) is 72.3 Å². The van der Waals surface area contributed by atoms with E-state index in [2.05, 4.69) is 23.5 Å². The Morgan fingerprint density at radius 2 is 1.72 bits per heavy atom. The lowest BCUT2D eigenvalue weighted by molar-refractivity contribution is -0.131. The molecular formula is C21H19NO3. The van der Waals surface area contributed by atoms with Crippen LogP contribution in [-0.2, 0) is 4.79 Å². The van der Waals surface area contributed by atoms with Gasteiger partial charge in [0.15, 0.2) is 11.5 Å². The van der Waals surface area contributed by atoms with Crippen LogP contribution in [0.25, 0.3) is 10.8 Å². The van der Waals surface area contributed by atoms with E-state index in [0.717, 1.165) is 16.3 Å². The lowest BCUT2D eigenvalue weighted by Crippen LogP contribution is -2.44. The summed E-state index contributed by atoms with van der Waals surface area (Å²) < 4.78 is 11.4. The predicted octanol–water partition coefficient (Wildman–Crippen LogP) is 3.86. The SMILES string of the molecule is CC(NC(=O)C1COc2ccccc2O1)c1cccc2ccccc12. The Kier molecular flexibility index (Phi) is 4.02. The van der Waals surface area contributed by atoms with Gasteiger partial charge in [0.05, 0.1) is 6.04 Å². The first-order chi connectivity index (χ1) is 12.2. The number of rotatable bonds is 3. The van der Waals surface area contributed by atoms with Gasteiger partial charge >= 0.3 is 0 Å². The summed E-state index contributed by atoms with van der Waals surface area (Å²) in [4.78, 5) is 12.6. The van der Waals surface area contributed by atoms with Crippen LogP contribution in [0.15, 0.2) is 66.7 Å². The molecule has 1 heterocycles. The highest BCUT2D eigenvalue weighted by Gasteiger charge is 2.28. The molecule has 126 valence electrons. The molecule has 0 fully saturated rings. The molecule has 0 saturated carbocycles. The molecule has 1 N–H and O–H groups in total. The van der Waals surface area contributed by atoms with Crippen LogP contribution in [0.3, 0.4) is 0 Å². The Hall–Kier alpha value is -3.01. The molecule has 0 aliphatic carbocycles. The van der Waals surface area contributed by atoms with Crippen molar-refractivity contribution in [1.29, 1.82) is 0 Å². The van der Waals surface area contributed by atoms with Crippen LogP contribution in [0.4, 0.5) is 0 Å². The van der Waals surface area contributed by atoms with E-state index >= 15 is 0 Å². The molecule has 1 aliphatic heterocycles. The molecule has 4 heteroatoms. The maximum absolute atomic E-state index is 12.6. The summed E-state index contributed by atoms with van der Waals surface area (Å²) in [6, 6.07) is 21.6. The Bertz CT molecular complexity index is 916. The summed E-state index contributed by atoms with van der Waals surface area (Å²) in [5.74, 6) is 1.11. The van der Waals surface area contributed by atoms with Crippen molar-refractivity contribution in [3.8, 4) is 11.5 Å². The number of hydrogen-bond donors (Lipinski definition) is 1. The molecule has 0 radical (unpaired) electrons. The minimum atomic E-state index is -0.646. The van der Waals surface area contributed by atoms with Gasteiger partial charge < -0.3 is 14.8 Å². The highest BCUT2D eigenvalue weighted by molar-refractivity contribution is 5.87. The number of hydrogen-bond acceptors (Lipinski definition) is 3. The maximum Gasteiger partial charge on any atom is 0.265 e. The van der Waals surface area contributed by atoms with E-state index in [4.69, 9.17) is 9.47 Å². The van der Waals surface area contributed by atoms with Gasteiger partial charge in [-0.25, -0.2) is 0 Å². The molecule has 2 atom stereocenters. The van der Waals surface area contributed by atoms with E-state index < -0.39 is 6.10 Å². The summed E-state index contributed by atoms with van der Waals surface area (Å²) >= 11 is 0. The minimum absolute atomic E-state index is 0.126. The van der Waals surface area contributed by atoms with E-state index in [-0.39, 0.29) is 18.6 Å². The van der Waals surface area contributed by atoms with Crippen LogP contribution in [0.5, 0.6) is 11.5 Å². The van der Waals surface area contributed by atoms with Gasteiger partial charge in [0, 0.05) is 0 Å². The van der Waals surface area contributed by atoms with Gasteiger partial charge in [0.1, 0.15) is 6.61 Å². The number of fused-ring (bicyclic) bond motifs is 2. The molecule has 1 aliphatic rings. The minimum Gasteiger partial charge on any atom is -0.485 e.